The first-order chi connectivity index (χ1) is 14.1. The first kappa shape index (κ1) is 21.4. The van der Waals surface area contributed by atoms with Gasteiger partial charge in [0.15, 0.2) is 0 Å². The zero-order valence-electron chi connectivity index (χ0n) is 17.3. The lowest BCUT2D eigenvalue weighted by molar-refractivity contribution is 0.0736. The summed E-state index contributed by atoms with van der Waals surface area (Å²) in [4.78, 5) is 15.2. The molecular weight excluding hydrogens is 424 g/mol. The summed E-state index contributed by atoms with van der Waals surface area (Å²) in [5, 5.41) is 0. The molecule has 1 amide bonds. The minimum absolute atomic E-state index is 0.0944. The molecule has 2 aromatic carbocycles. The monoisotopic (exact) mass is 452 g/mol. The maximum atomic E-state index is 13.2. The number of rotatable bonds is 9. The highest BCUT2D eigenvalue weighted by Crippen LogP contribution is 2.17. The number of amides is 1. The Balaban J connectivity index is 1.78. The zero-order valence-corrected chi connectivity index (χ0v) is 18.9. The number of unbranched alkanes of at least 4 members (excludes halogenated alkanes) is 2. The molecule has 1 heterocycles. The van der Waals surface area contributed by atoms with Crippen LogP contribution in [-0.2, 0) is 13.1 Å². The third kappa shape index (κ3) is 6.07. The van der Waals surface area contributed by atoms with Gasteiger partial charge in [-0.3, -0.25) is 4.79 Å². The molecule has 0 radical (unpaired) electrons. The lowest BCUT2D eigenvalue weighted by atomic mass is 10.1. The van der Waals surface area contributed by atoms with Crippen LogP contribution in [0.25, 0.3) is 0 Å². The fraction of sp³-hybridized carbons (Fsp3) is 0.320. The number of aryl methyl sites for hydroxylation is 1. The van der Waals surface area contributed by atoms with Gasteiger partial charge in [0.05, 0.1) is 6.54 Å². The van der Waals surface area contributed by atoms with Gasteiger partial charge < -0.3 is 9.47 Å². The molecule has 0 bridgehead atoms. The van der Waals surface area contributed by atoms with Crippen LogP contribution < -0.4 is 0 Å². The Labute approximate surface area is 182 Å². The van der Waals surface area contributed by atoms with Crippen molar-refractivity contribution in [3.05, 3.63) is 93.7 Å². The van der Waals surface area contributed by atoms with Gasteiger partial charge in [-0.05, 0) is 55.3 Å². The lowest BCUT2D eigenvalue weighted by Crippen LogP contribution is -2.32. The summed E-state index contributed by atoms with van der Waals surface area (Å²) in [5.74, 6) is 0.0944. The maximum Gasteiger partial charge on any atom is 0.254 e. The van der Waals surface area contributed by atoms with E-state index in [-0.39, 0.29) is 5.91 Å². The molecule has 3 nitrogen and oxygen atoms in total. The molecule has 3 aromatic rings. The van der Waals surface area contributed by atoms with Gasteiger partial charge in [0.2, 0.25) is 0 Å². The molecule has 0 fully saturated rings. The number of nitrogens with zero attached hydrogens (tertiary/aromatic N) is 2. The van der Waals surface area contributed by atoms with E-state index >= 15 is 0 Å². The smallest absolute Gasteiger partial charge is 0.254 e. The van der Waals surface area contributed by atoms with E-state index < -0.39 is 0 Å². The van der Waals surface area contributed by atoms with E-state index in [1.165, 1.54) is 11.1 Å². The van der Waals surface area contributed by atoms with E-state index in [9.17, 15) is 4.79 Å². The number of halogens is 1. The topological polar surface area (TPSA) is 25.2 Å². The summed E-state index contributed by atoms with van der Waals surface area (Å²) in [6.45, 7) is 6.52. The molecule has 0 aliphatic carbocycles. The average Bonchev–Trinajstić information content (AvgIpc) is 3.14. The molecule has 0 unspecified atom stereocenters. The summed E-state index contributed by atoms with van der Waals surface area (Å²) in [5.41, 5.74) is 4.44. The van der Waals surface area contributed by atoms with Crippen LogP contribution in [0.3, 0.4) is 0 Å². The van der Waals surface area contributed by atoms with Gasteiger partial charge in [0.25, 0.3) is 5.91 Å². The van der Waals surface area contributed by atoms with E-state index in [2.05, 4.69) is 76.9 Å². The van der Waals surface area contributed by atoms with Gasteiger partial charge in [-0.15, -0.1) is 0 Å². The molecule has 1 aromatic heterocycles. The van der Waals surface area contributed by atoms with Crippen LogP contribution >= 0.6 is 15.9 Å². The Kier molecular flexibility index (Phi) is 7.70. The molecule has 0 saturated carbocycles. The van der Waals surface area contributed by atoms with Crippen LogP contribution in [0.2, 0.25) is 0 Å². The van der Waals surface area contributed by atoms with Gasteiger partial charge in [-0.25, -0.2) is 0 Å². The number of carbonyl (C=O) groups excluding carboxylic acids is 1. The lowest BCUT2D eigenvalue weighted by Gasteiger charge is -2.24. The summed E-state index contributed by atoms with van der Waals surface area (Å²) in [6.07, 6.45) is 5.40. The van der Waals surface area contributed by atoms with Crippen molar-refractivity contribution in [3.63, 3.8) is 0 Å². The number of hydrogen-bond donors (Lipinski definition) is 0. The highest BCUT2D eigenvalue weighted by molar-refractivity contribution is 9.10. The summed E-state index contributed by atoms with van der Waals surface area (Å²) in [7, 11) is 0. The Morgan fingerprint density at radius 2 is 1.83 bits per heavy atom. The molecule has 152 valence electrons. The third-order valence-corrected chi connectivity index (χ3v) is 5.65. The summed E-state index contributed by atoms with van der Waals surface area (Å²) < 4.78 is 3.23. The Hall–Kier alpha value is -2.33. The van der Waals surface area contributed by atoms with E-state index in [1.54, 1.807) is 0 Å². The zero-order chi connectivity index (χ0) is 20.6. The fourth-order valence-corrected chi connectivity index (χ4v) is 3.79. The van der Waals surface area contributed by atoms with E-state index in [0.29, 0.717) is 6.54 Å². The number of hydrogen-bond acceptors (Lipinski definition) is 1. The van der Waals surface area contributed by atoms with Crippen LogP contribution in [0.4, 0.5) is 0 Å². The van der Waals surface area contributed by atoms with Crippen LogP contribution in [0.15, 0.2) is 71.3 Å². The molecule has 29 heavy (non-hydrogen) atoms. The molecule has 0 aliphatic rings. The SMILES string of the molecule is CCCCCN(Cc1cccn1Cc1cccc(C)c1)C(=O)c1ccc(Br)cc1. The Morgan fingerprint density at radius 3 is 2.55 bits per heavy atom. The van der Waals surface area contributed by atoms with Gasteiger partial charge in [-0.1, -0.05) is 65.5 Å². The highest BCUT2D eigenvalue weighted by Gasteiger charge is 2.17. The first-order valence-corrected chi connectivity index (χ1v) is 11.1. The fourth-order valence-electron chi connectivity index (χ4n) is 3.53. The van der Waals surface area contributed by atoms with E-state index in [4.69, 9.17) is 0 Å². The second-order valence-corrected chi connectivity index (χ2v) is 8.47. The molecule has 3 rings (SSSR count). The van der Waals surface area contributed by atoms with E-state index in [0.717, 1.165) is 48.1 Å². The number of aromatic nitrogens is 1. The predicted octanol–water partition coefficient (Wildman–Crippen LogP) is 6.44. The van der Waals surface area contributed by atoms with E-state index in [1.807, 2.05) is 29.2 Å². The minimum Gasteiger partial charge on any atom is -0.345 e. The summed E-state index contributed by atoms with van der Waals surface area (Å²) in [6, 6.07) is 20.4. The van der Waals surface area contributed by atoms with Gasteiger partial charge in [0.1, 0.15) is 0 Å². The van der Waals surface area contributed by atoms with Crippen molar-refractivity contribution in [1.29, 1.82) is 0 Å². The minimum atomic E-state index is 0.0944. The van der Waals surface area contributed by atoms with Gasteiger partial charge >= 0.3 is 0 Å². The Morgan fingerprint density at radius 1 is 1.03 bits per heavy atom. The van der Waals surface area contributed by atoms with Crippen molar-refractivity contribution < 1.29 is 4.79 Å². The standard InChI is InChI=1S/C25H29BrN2O/c1-3-4-5-15-28(25(29)22-11-13-23(26)14-12-22)19-24-10-7-16-27(24)18-21-9-6-8-20(2)17-21/h6-14,16-17H,3-5,15,18-19H2,1-2H3. The Bertz CT molecular complexity index is 930. The molecule has 0 saturated heterocycles. The van der Waals surface area contributed by atoms with Gasteiger partial charge in [-0.2, -0.15) is 0 Å². The van der Waals surface area contributed by atoms with Crippen molar-refractivity contribution in [1.82, 2.24) is 9.47 Å². The molecule has 0 spiro atoms. The molecule has 4 heteroatoms. The third-order valence-electron chi connectivity index (χ3n) is 5.12. The predicted molar refractivity (Wildman–Crippen MR) is 123 cm³/mol. The van der Waals surface area contributed by atoms with Crippen molar-refractivity contribution >= 4 is 21.8 Å². The first-order valence-electron chi connectivity index (χ1n) is 10.3. The summed E-state index contributed by atoms with van der Waals surface area (Å²) >= 11 is 3.45. The number of benzene rings is 2. The highest BCUT2D eigenvalue weighted by atomic mass is 79.9. The van der Waals surface area contributed by atoms with Crippen molar-refractivity contribution in [2.75, 3.05) is 6.54 Å². The van der Waals surface area contributed by atoms with Gasteiger partial charge in [0, 0.05) is 35.0 Å². The normalized spacial score (nSPS) is 10.9. The van der Waals surface area contributed by atoms with Crippen molar-refractivity contribution in [3.8, 4) is 0 Å². The van der Waals surface area contributed by atoms with Crippen LogP contribution in [-0.4, -0.2) is 21.9 Å². The van der Waals surface area contributed by atoms with Crippen molar-refractivity contribution in [2.24, 2.45) is 0 Å². The second-order valence-electron chi connectivity index (χ2n) is 7.56. The van der Waals surface area contributed by atoms with Crippen LogP contribution in [0.1, 0.15) is 53.4 Å². The number of carbonyl (C=O) groups is 1. The van der Waals surface area contributed by atoms with Crippen LogP contribution in [0.5, 0.6) is 0 Å². The average molecular weight is 453 g/mol. The molecule has 0 atom stereocenters. The molecular formula is C25H29BrN2O. The molecule has 0 aliphatic heterocycles. The van der Waals surface area contributed by atoms with Crippen LogP contribution in [0, 0.1) is 6.92 Å². The quantitative estimate of drug-likeness (QED) is 0.342. The largest absolute Gasteiger partial charge is 0.345 e. The van der Waals surface area contributed by atoms with Crippen molar-refractivity contribution in [2.45, 2.75) is 46.2 Å². The molecule has 0 N–H and O–H groups in total. The maximum absolute atomic E-state index is 13.2. The second kappa shape index (κ2) is 10.4.